The van der Waals surface area contributed by atoms with E-state index in [1.807, 2.05) is 0 Å². The molecule has 0 bridgehead atoms. The van der Waals surface area contributed by atoms with E-state index in [1.54, 1.807) is 0 Å². The third kappa shape index (κ3) is 11.4. The minimum atomic E-state index is 0. The van der Waals surface area contributed by atoms with Gasteiger partial charge < -0.3 is 31.0 Å². The molecule has 24 valence electrons. The molecule has 0 spiro atoms. The van der Waals surface area contributed by atoms with Crippen LogP contribution >= 0.6 is 12.6 Å². The summed E-state index contributed by atoms with van der Waals surface area (Å²) in [5.74, 6) is 1.47. The molecule has 0 rings (SSSR count). The van der Waals surface area contributed by atoms with Gasteiger partial charge in [-0.25, -0.2) is 0 Å². The van der Waals surface area contributed by atoms with Crippen LogP contribution in [0.4, 0.5) is 0 Å². The Bertz CT molecular complexity index is 20.9. The SMILES string of the molecule is [CH-]=C[CH-]S.[Cd+2]. The maximum Gasteiger partial charge on any atom is 2.00 e. The van der Waals surface area contributed by atoms with Gasteiger partial charge in [0.25, 0.3) is 0 Å². The van der Waals surface area contributed by atoms with Crippen molar-refractivity contribution in [1.29, 1.82) is 0 Å². The maximum atomic E-state index is 4.77. The van der Waals surface area contributed by atoms with E-state index in [0.717, 1.165) is 0 Å². The van der Waals surface area contributed by atoms with Gasteiger partial charge in [0.15, 0.2) is 0 Å². The summed E-state index contributed by atoms with van der Waals surface area (Å²) in [6, 6.07) is 0. The van der Waals surface area contributed by atoms with E-state index in [9.17, 15) is 0 Å². The first kappa shape index (κ1) is 9.30. The summed E-state index contributed by atoms with van der Waals surface area (Å²) in [6.07, 6.45) is 1.36. The number of hydrogen-bond acceptors (Lipinski definition) is 1. The average molecular weight is 185 g/mol. The molecule has 0 saturated carbocycles. The van der Waals surface area contributed by atoms with Gasteiger partial charge in [-0.05, 0) is 0 Å². The van der Waals surface area contributed by atoms with Crippen LogP contribution in [-0.4, -0.2) is 0 Å². The number of hydrogen-bond donors (Lipinski definition) is 1. The van der Waals surface area contributed by atoms with E-state index < -0.39 is 0 Å². The van der Waals surface area contributed by atoms with E-state index in [4.69, 9.17) is 6.58 Å². The first-order chi connectivity index (χ1) is 1.91. The second-order valence-corrected chi connectivity index (χ2v) is 0.640. The van der Waals surface area contributed by atoms with Crippen molar-refractivity contribution in [3.63, 3.8) is 0 Å². The fourth-order valence-electron chi connectivity index (χ4n) is 0. The molecule has 0 aromatic rings. The van der Waals surface area contributed by atoms with E-state index in [-0.39, 0.29) is 27.3 Å². The summed E-state index contributed by atoms with van der Waals surface area (Å²) in [5.41, 5.74) is 0. The minimum absolute atomic E-state index is 0. The van der Waals surface area contributed by atoms with Crippen LogP contribution in [0.3, 0.4) is 0 Å². The first-order valence-electron chi connectivity index (χ1n) is 0.925. The molecule has 5 heavy (non-hydrogen) atoms. The second-order valence-electron chi connectivity index (χ2n) is 0.342. The summed E-state index contributed by atoms with van der Waals surface area (Å²) in [6.45, 7) is 4.77. The smallest absolute Gasteiger partial charge is 0.548 e. The molecule has 0 N–H and O–H groups in total. The van der Waals surface area contributed by atoms with Gasteiger partial charge in [0, 0.05) is 0 Å². The molecule has 0 unspecified atom stereocenters. The van der Waals surface area contributed by atoms with Gasteiger partial charge >= 0.3 is 27.3 Å². The van der Waals surface area contributed by atoms with Crippen LogP contribution < -0.4 is 0 Å². The Hall–Kier alpha value is 0.882. The van der Waals surface area contributed by atoms with Crippen molar-refractivity contribution < 1.29 is 27.3 Å². The Balaban J connectivity index is 0. The van der Waals surface area contributed by atoms with Gasteiger partial charge in [0.1, 0.15) is 0 Å². The molecular formula is C3H4CdS. The molecule has 0 aromatic heterocycles. The number of thiol groups is 1. The molecular weight excluding hydrogens is 181 g/mol. The Morgan fingerprint density at radius 3 is 2.00 bits per heavy atom. The first-order valence-corrected chi connectivity index (χ1v) is 1.44. The summed E-state index contributed by atoms with van der Waals surface area (Å²) < 4.78 is 0. The van der Waals surface area contributed by atoms with E-state index in [0.29, 0.717) is 0 Å². The average Bonchev–Trinajstić information content (AvgIpc) is 1.37. The third-order valence-corrected chi connectivity index (χ3v) is 0.258. The molecule has 0 aliphatic carbocycles. The van der Waals surface area contributed by atoms with Gasteiger partial charge in [0.05, 0.1) is 0 Å². The van der Waals surface area contributed by atoms with Gasteiger partial charge in [-0.1, -0.05) is 0 Å². The third-order valence-electron chi connectivity index (χ3n) is 0.0861. The molecule has 0 heterocycles. The van der Waals surface area contributed by atoms with Crippen molar-refractivity contribution in [2.75, 3.05) is 0 Å². The Kier molecular flexibility index (Phi) is 16.5. The summed E-state index contributed by atoms with van der Waals surface area (Å²) in [5, 5.41) is 0. The van der Waals surface area contributed by atoms with Gasteiger partial charge in [-0.15, -0.1) is 0 Å². The zero-order valence-corrected chi connectivity index (χ0v) is 7.82. The van der Waals surface area contributed by atoms with Crippen LogP contribution in [0.2, 0.25) is 0 Å². The fraction of sp³-hybridized carbons (Fsp3) is 0. The Morgan fingerprint density at radius 1 is 1.80 bits per heavy atom. The molecule has 2 heteroatoms. The van der Waals surface area contributed by atoms with Gasteiger partial charge in [-0.2, -0.15) is 0 Å². The Morgan fingerprint density at radius 2 is 2.00 bits per heavy atom. The van der Waals surface area contributed by atoms with Crippen molar-refractivity contribution in [2.45, 2.75) is 0 Å². The molecule has 0 nitrogen and oxygen atoms in total. The van der Waals surface area contributed by atoms with Crippen LogP contribution in [0.5, 0.6) is 0 Å². The molecule has 0 amide bonds. The van der Waals surface area contributed by atoms with Crippen molar-refractivity contribution in [3.8, 4) is 0 Å². The molecule has 0 atom stereocenters. The van der Waals surface area contributed by atoms with Crippen LogP contribution in [-0.2, 0) is 27.3 Å². The molecule has 0 fully saturated rings. The normalized spacial score (nSPS) is 4.20. The molecule has 0 aliphatic heterocycles. The minimum Gasteiger partial charge on any atom is -0.548 e. The molecule has 0 radical (unpaired) electrons. The van der Waals surface area contributed by atoms with E-state index in [2.05, 4.69) is 12.6 Å². The van der Waals surface area contributed by atoms with Crippen molar-refractivity contribution in [2.24, 2.45) is 0 Å². The molecule has 0 aromatic carbocycles. The van der Waals surface area contributed by atoms with Crippen LogP contribution in [0, 0.1) is 12.3 Å². The van der Waals surface area contributed by atoms with Crippen molar-refractivity contribution >= 4 is 12.6 Å². The van der Waals surface area contributed by atoms with Crippen molar-refractivity contribution in [3.05, 3.63) is 18.4 Å². The van der Waals surface area contributed by atoms with Crippen LogP contribution in [0.25, 0.3) is 0 Å². The van der Waals surface area contributed by atoms with E-state index in [1.165, 1.54) is 11.8 Å². The monoisotopic (exact) mass is 186 g/mol. The summed E-state index contributed by atoms with van der Waals surface area (Å²) in [7, 11) is 0. The Labute approximate surface area is 58.2 Å². The standard InChI is InChI=1S/C3H4S.Cd/c1-2-3-4;/h1-4H;/q-2;+2. The predicted molar refractivity (Wildman–Crippen MR) is 22.2 cm³/mol. The van der Waals surface area contributed by atoms with Crippen LogP contribution in [0.15, 0.2) is 6.08 Å². The predicted octanol–water partition coefficient (Wildman–Crippen LogP) is 1.06. The zero-order valence-electron chi connectivity index (χ0n) is 2.89. The summed E-state index contributed by atoms with van der Waals surface area (Å²) >= 11 is 3.61. The van der Waals surface area contributed by atoms with Gasteiger partial charge in [0.2, 0.25) is 0 Å². The summed E-state index contributed by atoms with van der Waals surface area (Å²) in [4.78, 5) is 0. The topological polar surface area (TPSA) is 0 Å². The zero-order chi connectivity index (χ0) is 3.41. The molecule has 0 saturated heterocycles. The quantitative estimate of drug-likeness (QED) is 0.352. The number of rotatable bonds is 1. The van der Waals surface area contributed by atoms with Crippen LogP contribution in [0.1, 0.15) is 0 Å². The fourth-order valence-corrected chi connectivity index (χ4v) is 0. The van der Waals surface area contributed by atoms with E-state index >= 15 is 0 Å². The largest absolute Gasteiger partial charge is 2.00 e. The maximum absolute atomic E-state index is 4.77. The van der Waals surface area contributed by atoms with Gasteiger partial charge in [-0.3, -0.25) is 0 Å². The molecule has 0 aliphatic rings. The second kappa shape index (κ2) is 8.86. The van der Waals surface area contributed by atoms with Crippen molar-refractivity contribution in [1.82, 2.24) is 0 Å².